The molecule has 1 unspecified atom stereocenters. The molecule has 1 aliphatic rings. The summed E-state index contributed by atoms with van der Waals surface area (Å²) in [4.78, 5) is 32.4. The normalized spacial score (nSPS) is 15.8. The first-order valence-corrected chi connectivity index (χ1v) is 11.7. The lowest BCUT2D eigenvalue weighted by Gasteiger charge is -2.22. The van der Waals surface area contributed by atoms with Crippen molar-refractivity contribution in [3.63, 3.8) is 0 Å². The van der Waals surface area contributed by atoms with Crippen molar-refractivity contribution in [1.29, 1.82) is 0 Å². The van der Waals surface area contributed by atoms with Gasteiger partial charge in [-0.2, -0.15) is 4.98 Å². The van der Waals surface area contributed by atoms with Crippen LogP contribution in [0.2, 0.25) is 0 Å². The summed E-state index contributed by atoms with van der Waals surface area (Å²) in [5.74, 6) is -0.844. The Morgan fingerprint density at radius 1 is 1.28 bits per heavy atom. The van der Waals surface area contributed by atoms with Crippen molar-refractivity contribution in [3.8, 4) is 5.88 Å². The van der Waals surface area contributed by atoms with Gasteiger partial charge in [0.05, 0.1) is 6.10 Å². The van der Waals surface area contributed by atoms with Gasteiger partial charge in [-0.25, -0.2) is 14.2 Å². The van der Waals surface area contributed by atoms with E-state index in [-0.39, 0.29) is 34.5 Å². The van der Waals surface area contributed by atoms with Gasteiger partial charge in [-0.15, -0.1) is 22.7 Å². The van der Waals surface area contributed by atoms with Crippen molar-refractivity contribution in [2.75, 3.05) is 5.73 Å². The fourth-order valence-corrected chi connectivity index (χ4v) is 5.15. The van der Waals surface area contributed by atoms with Crippen LogP contribution in [0.25, 0.3) is 17.5 Å². The van der Waals surface area contributed by atoms with E-state index < -0.39 is 17.5 Å². The van der Waals surface area contributed by atoms with Gasteiger partial charge in [0.2, 0.25) is 11.4 Å². The first kappa shape index (κ1) is 20.5. The van der Waals surface area contributed by atoms with Crippen molar-refractivity contribution in [2.24, 2.45) is 0 Å². The Morgan fingerprint density at radius 3 is 2.75 bits per heavy atom. The summed E-state index contributed by atoms with van der Waals surface area (Å²) in [6.45, 7) is 3.53. The van der Waals surface area contributed by atoms with E-state index in [1.54, 1.807) is 31.3 Å². The highest BCUT2D eigenvalue weighted by atomic mass is 32.1. The Hall–Kier alpha value is -3.37. The van der Waals surface area contributed by atoms with E-state index >= 15 is 0 Å². The number of carbonyl (C=O) groups excluding carboxylic acids is 1. The number of nitrogens with two attached hydrogens (primary N) is 1. The lowest BCUT2D eigenvalue weighted by atomic mass is 9.90. The maximum absolute atomic E-state index is 13.2. The van der Waals surface area contributed by atoms with Crippen LogP contribution in [0.3, 0.4) is 0 Å². The lowest BCUT2D eigenvalue weighted by molar-refractivity contribution is -0.140. The molecule has 1 atom stereocenters. The number of esters is 1. The zero-order valence-electron chi connectivity index (χ0n) is 17.2. The number of thiophene rings is 2. The Kier molecular flexibility index (Phi) is 5.10. The molecule has 0 bridgehead atoms. The minimum Gasteiger partial charge on any atom is -0.459 e. The molecule has 0 fully saturated rings. The first-order valence-electron chi connectivity index (χ1n) is 9.93. The van der Waals surface area contributed by atoms with Crippen molar-refractivity contribution in [1.82, 2.24) is 9.55 Å². The molecular formula is C22H19N3O5S2. The molecule has 5 rings (SSSR count). The molecule has 5 heterocycles. The number of rotatable bonds is 5. The molecule has 32 heavy (non-hydrogen) atoms. The molecular weight excluding hydrogens is 450 g/mol. The standard InChI is InChI=1S/C22H19N3O5S2/c1-11(2)28-21(27)16-14(9-12-5-3-7-31-12)17-19(30-22(23)24-17)25-15(20(26)29-18(16)25)10-13-6-4-8-32-13/h3-8,10-11,14H,9H2,1-2H3,(H2,23,24)/b15-10+. The predicted molar refractivity (Wildman–Crippen MR) is 121 cm³/mol. The molecule has 0 aliphatic carbocycles. The van der Waals surface area contributed by atoms with Crippen LogP contribution in [0.5, 0.6) is 0 Å². The van der Waals surface area contributed by atoms with Gasteiger partial charge in [0, 0.05) is 15.7 Å². The van der Waals surface area contributed by atoms with E-state index in [0.29, 0.717) is 12.1 Å². The van der Waals surface area contributed by atoms with Gasteiger partial charge in [0.25, 0.3) is 6.01 Å². The number of oxazole rings is 2. The van der Waals surface area contributed by atoms with Crippen LogP contribution in [-0.2, 0) is 16.0 Å². The topological polar surface area (TPSA) is 113 Å². The molecule has 164 valence electrons. The zero-order chi connectivity index (χ0) is 22.4. The van der Waals surface area contributed by atoms with Crippen molar-refractivity contribution >= 4 is 46.3 Å². The number of carbonyl (C=O) groups is 1. The van der Waals surface area contributed by atoms with Gasteiger partial charge >= 0.3 is 11.6 Å². The van der Waals surface area contributed by atoms with Gasteiger partial charge in [-0.3, -0.25) is 0 Å². The lowest BCUT2D eigenvalue weighted by Crippen LogP contribution is -2.38. The number of aromatic nitrogens is 2. The SMILES string of the molecule is CC(C)OC(=O)C1=c2oc(=O)/c(=C\c3cccs3)n2-c2oc(N)nc2C1Cc1cccs1. The van der Waals surface area contributed by atoms with Crippen molar-refractivity contribution in [3.05, 3.63) is 71.8 Å². The van der Waals surface area contributed by atoms with Crippen LogP contribution >= 0.6 is 22.7 Å². The molecule has 0 radical (unpaired) electrons. The van der Waals surface area contributed by atoms with Gasteiger partial charge in [0.1, 0.15) is 16.6 Å². The van der Waals surface area contributed by atoms with E-state index in [2.05, 4.69) is 4.98 Å². The third kappa shape index (κ3) is 3.51. The molecule has 10 heteroatoms. The van der Waals surface area contributed by atoms with E-state index in [4.69, 9.17) is 19.3 Å². The molecule has 1 aliphatic heterocycles. The predicted octanol–water partition coefficient (Wildman–Crippen LogP) is 2.39. The van der Waals surface area contributed by atoms with Crippen LogP contribution < -0.4 is 22.3 Å². The Morgan fingerprint density at radius 2 is 2.06 bits per heavy atom. The molecule has 0 amide bonds. The summed E-state index contributed by atoms with van der Waals surface area (Å²) < 4.78 is 18.4. The van der Waals surface area contributed by atoms with Gasteiger partial charge in [-0.1, -0.05) is 12.1 Å². The van der Waals surface area contributed by atoms with Crippen LogP contribution in [-0.4, -0.2) is 21.6 Å². The number of hydrogen-bond acceptors (Lipinski definition) is 9. The fourth-order valence-electron chi connectivity index (χ4n) is 3.74. The molecule has 0 saturated heterocycles. The number of anilines is 1. The highest BCUT2D eigenvalue weighted by Crippen LogP contribution is 2.37. The van der Waals surface area contributed by atoms with Crippen molar-refractivity contribution in [2.45, 2.75) is 32.3 Å². The number of nitrogen functional groups attached to an aromatic ring is 1. The molecule has 0 aromatic carbocycles. The van der Waals surface area contributed by atoms with E-state index in [1.807, 2.05) is 35.0 Å². The zero-order valence-corrected chi connectivity index (χ0v) is 18.9. The van der Waals surface area contributed by atoms with E-state index in [0.717, 1.165) is 9.75 Å². The highest BCUT2D eigenvalue weighted by molar-refractivity contribution is 7.10. The van der Waals surface area contributed by atoms with Crippen LogP contribution in [0, 0.1) is 0 Å². The number of hydrogen-bond donors (Lipinski definition) is 1. The second kappa shape index (κ2) is 7.95. The maximum Gasteiger partial charge on any atom is 0.362 e. The minimum absolute atomic E-state index is 0.0566. The summed E-state index contributed by atoms with van der Waals surface area (Å²) in [6, 6.07) is 7.60. The third-order valence-corrected chi connectivity index (χ3v) is 6.69. The minimum atomic E-state index is -0.596. The number of ether oxygens (including phenoxy) is 1. The van der Waals surface area contributed by atoms with Gasteiger partial charge in [-0.05, 0) is 49.2 Å². The number of fused-ring (bicyclic) bond motifs is 3. The Bertz CT molecular complexity index is 1460. The molecule has 8 nitrogen and oxygen atoms in total. The summed E-state index contributed by atoms with van der Waals surface area (Å²) >= 11 is 3.03. The highest BCUT2D eigenvalue weighted by Gasteiger charge is 2.39. The Labute approximate surface area is 189 Å². The molecule has 0 spiro atoms. The second-order valence-electron chi connectivity index (χ2n) is 7.52. The Balaban J connectivity index is 1.84. The summed E-state index contributed by atoms with van der Waals surface area (Å²) in [6.07, 6.45) is 1.79. The summed E-state index contributed by atoms with van der Waals surface area (Å²) in [5.41, 5.74) is 6.08. The van der Waals surface area contributed by atoms with Crippen LogP contribution in [0.1, 0.15) is 35.2 Å². The fraction of sp³-hybridized carbons (Fsp3) is 0.227. The average molecular weight is 470 g/mol. The second-order valence-corrected chi connectivity index (χ2v) is 9.53. The van der Waals surface area contributed by atoms with Crippen LogP contribution in [0.4, 0.5) is 6.01 Å². The third-order valence-electron chi connectivity index (χ3n) is 4.98. The molecule has 4 aromatic heterocycles. The summed E-state index contributed by atoms with van der Waals surface area (Å²) in [5, 5.41) is 4.07. The van der Waals surface area contributed by atoms with Gasteiger partial charge in [0.15, 0.2) is 0 Å². The summed E-state index contributed by atoms with van der Waals surface area (Å²) in [7, 11) is 0. The smallest absolute Gasteiger partial charge is 0.362 e. The van der Waals surface area contributed by atoms with E-state index in [1.165, 1.54) is 15.9 Å². The molecule has 4 aromatic rings. The number of nitrogens with zero attached hydrogens (tertiary/aromatic N) is 2. The van der Waals surface area contributed by atoms with E-state index in [9.17, 15) is 9.59 Å². The molecule has 0 saturated carbocycles. The van der Waals surface area contributed by atoms with Crippen molar-refractivity contribution < 1.29 is 18.4 Å². The molecule has 2 N–H and O–H groups in total. The first-order chi connectivity index (χ1) is 15.4. The largest absolute Gasteiger partial charge is 0.459 e. The maximum atomic E-state index is 13.2. The quantitative estimate of drug-likeness (QED) is 0.447. The van der Waals surface area contributed by atoms with Gasteiger partial charge < -0.3 is 19.3 Å². The van der Waals surface area contributed by atoms with Crippen LogP contribution in [0.15, 0.2) is 48.7 Å². The monoisotopic (exact) mass is 469 g/mol. The average Bonchev–Trinajstić information content (AvgIpc) is 3.50.